The van der Waals surface area contributed by atoms with Crippen molar-refractivity contribution in [3.8, 4) is 0 Å². The number of carbonyl (C=O) groups excluding carboxylic acids is 3. The van der Waals surface area contributed by atoms with Gasteiger partial charge in [-0.15, -0.1) is 11.3 Å². The summed E-state index contributed by atoms with van der Waals surface area (Å²) in [5.74, 6) is -1.44. The van der Waals surface area contributed by atoms with Crippen LogP contribution in [0, 0.1) is 20.8 Å². The average molecular weight is 505 g/mol. The van der Waals surface area contributed by atoms with Crippen molar-refractivity contribution in [2.75, 3.05) is 17.7 Å². The number of esters is 1. The second-order valence-corrected chi connectivity index (χ2v) is 9.27. The zero-order chi connectivity index (χ0) is 26.0. The maximum Gasteiger partial charge on any atom is 0.339 e. The first-order valence-electron chi connectivity index (χ1n) is 11.0. The number of thiophene rings is 1. The van der Waals surface area contributed by atoms with Crippen LogP contribution in [0.5, 0.6) is 0 Å². The lowest BCUT2D eigenvalue weighted by molar-refractivity contribution is -0.116. The predicted octanol–water partition coefficient (Wildman–Crippen LogP) is 4.06. The minimum absolute atomic E-state index is 0.197. The third-order valence-corrected chi connectivity index (χ3v) is 6.87. The minimum Gasteiger partial charge on any atom is -0.465 e. The van der Waals surface area contributed by atoms with Crippen molar-refractivity contribution in [2.24, 2.45) is 0 Å². The number of aromatic nitrogens is 2. The van der Waals surface area contributed by atoms with Crippen molar-refractivity contribution in [1.29, 1.82) is 0 Å². The summed E-state index contributed by atoms with van der Waals surface area (Å²) >= 11 is 1.12. The van der Waals surface area contributed by atoms with Gasteiger partial charge in [-0.3, -0.25) is 19.0 Å². The molecule has 4 rings (SSSR count). The van der Waals surface area contributed by atoms with Crippen LogP contribution < -0.4 is 16.2 Å². The minimum atomic E-state index is -0.591. The molecule has 184 valence electrons. The smallest absolute Gasteiger partial charge is 0.339 e. The Labute approximate surface area is 210 Å². The monoisotopic (exact) mass is 504 g/mol. The van der Waals surface area contributed by atoms with Gasteiger partial charge in [0.05, 0.1) is 35.0 Å². The second-order valence-electron chi connectivity index (χ2n) is 8.27. The fourth-order valence-electron chi connectivity index (χ4n) is 3.85. The summed E-state index contributed by atoms with van der Waals surface area (Å²) in [6, 6.07) is 12.1. The maximum absolute atomic E-state index is 13.2. The fourth-order valence-corrected chi connectivity index (χ4v) is 4.88. The summed E-state index contributed by atoms with van der Waals surface area (Å²) in [7, 11) is 1.25. The molecule has 2 aromatic heterocycles. The number of rotatable bonds is 6. The molecule has 0 aliphatic heterocycles. The Morgan fingerprint density at radius 2 is 1.78 bits per heavy atom. The van der Waals surface area contributed by atoms with Crippen molar-refractivity contribution >= 4 is 50.7 Å². The standard InChI is InChI=1S/C26H24N4O5S/c1-14-9-10-18(15(2)11-14)29-23(32)22-16(3)21-24(36-22)27-13-30(25(21)33)12-20(31)28-19-8-6-5-7-17(19)26(34)35-4/h5-11,13H,12H2,1-4H3,(H,28,31)(H,29,32). The lowest BCUT2D eigenvalue weighted by Gasteiger charge is -2.10. The van der Waals surface area contributed by atoms with Gasteiger partial charge >= 0.3 is 5.97 Å². The van der Waals surface area contributed by atoms with Gasteiger partial charge in [-0.05, 0) is 50.1 Å². The molecule has 36 heavy (non-hydrogen) atoms. The number of ether oxygens (including phenoxy) is 1. The highest BCUT2D eigenvalue weighted by Gasteiger charge is 2.21. The van der Waals surface area contributed by atoms with Gasteiger partial charge in [0.15, 0.2) is 0 Å². The highest BCUT2D eigenvalue weighted by Crippen LogP contribution is 2.28. The number of nitrogens with one attached hydrogen (secondary N) is 2. The number of nitrogens with zero attached hydrogens (tertiary/aromatic N) is 2. The molecule has 0 atom stereocenters. The van der Waals surface area contributed by atoms with Crippen molar-refractivity contribution in [3.05, 3.63) is 86.3 Å². The number of hydrogen-bond acceptors (Lipinski definition) is 7. The van der Waals surface area contributed by atoms with Crippen molar-refractivity contribution < 1.29 is 19.1 Å². The van der Waals surface area contributed by atoms with Crippen LogP contribution in [0.15, 0.2) is 53.6 Å². The summed E-state index contributed by atoms with van der Waals surface area (Å²) in [6.07, 6.45) is 1.28. The van der Waals surface area contributed by atoms with E-state index in [1.807, 2.05) is 32.0 Å². The number of hydrogen-bond donors (Lipinski definition) is 2. The van der Waals surface area contributed by atoms with Crippen LogP contribution in [0.25, 0.3) is 10.2 Å². The first-order valence-corrected chi connectivity index (χ1v) is 11.9. The summed E-state index contributed by atoms with van der Waals surface area (Å²) in [6.45, 7) is 5.26. The molecule has 2 amide bonds. The fraction of sp³-hybridized carbons (Fsp3) is 0.192. The van der Waals surface area contributed by atoms with Crippen LogP contribution in [0.3, 0.4) is 0 Å². The zero-order valence-electron chi connectivity index (χ0n) is 20.2. The Morgan fingerprint density at radius 1 is 1.03 bits per heavy atom. The van der Waals surface area contributed by atoms with Crippen LogP contribution >= 0.6 is 11.3 Å². The molecule has 2 aromatic carbocycles. The Bertz CT molecular complexity index is 1570. The summed E-state index contributed by atoms with van der Waals surface area (Å²) in [4.78, 5) is 55.9. The molecule has 0 radical (unpaired) electrons. The molecule has 4 aromatic rings. The van der Waals surface area contributed by atoms with E-state index < -0.39 is 17.4 Å². The van der Waals surface area contributed by atoms with Crippen molar-refractivity contribution in [1.82, 2.24) is 9.55 Å². The first-order chi connectivity index (χ1) is 17.2. The first kappa shape index (κ1) is 24.8. The number of benzene rings is 2. The topological polar surface area (TPSA) is 119 Å². The predicted molar refractivity (Wildman–Crippen MR) is 139 cm³/mol. The van der Waals surface area contributed by atoms with Crippen molar-refractivity contribution in [2.45, 2.75) is 27.3 Å². The number of methoxy groups -OCH3 is 1. The van der Waals surface area contributed by atoms with E-state index in [9.17, 15) is 19.2 Å². The maximum atomic E-state index is 13.2. The Kier molecular flexibility index (Phi) is 6.98. The molecule has 0 fully saturated rings. The number of para-hydroxylation sites is 1. The van der Waals surface area contributed by atoms with Crippen LogP contribution in [-0.4, -0.2) is 34.4 Å². The van der Waals surface area contributed by atoms with E-state index in [1.165, 1.54) is 24.1 Å². The molecule has 0 bridgehead atoms. The summed E-state index contributed by atoms with van der Waals surface area (Å²) in [5.41, 5.74) is 3.25. The van der Waals surface area contributed by atoms with Crippen LogP contribution in [0.1, 0.15) is 36.7 Å². The number of anilines is 2. The van der Waals surface area contributed by atoms with E-state index in [-0.39, 0.29) is 29.1 Å². The Morgan fingerprint density at radius 3 is 2.50 bits per heavy atom. The Balaban J connectivity index is 1.58. The van der Waals surface area contributed by atoms with Gasteiger partial charge in [-0.1, -0.05) is 29.8 Å². The van der Waals surface area contributed by atoms with Gasteiger partial charge in [0.25, 0.3) is 11.5 Å². The van der Waals surface area contributed by atoms with Gasteiger partial charge < -0.3 is 15.4 Å². The molecular weight excluding hydrogens is 480 g/mol. The summed E-state index contributed by atoms with van der Waals surface area (Å²) < 4.78 is 5.91. The lowest BCUT2D eigenvalue weighted by Crippen LogP contribution is -2.28. The number of fused-ring (bicyclic) bond motifs is 1. The van der Waals surface area contributed by atoms with Crippen LogP contribution in [0.4, 0.5) is 11.4 Å². The van der Waals surface area contributed by atoms with E-state index in [4.69, 9.17) is 4.74 Å². The van der Waals surface area contributed by atoms with Crippen LogP contribution in [-0.2, 0) is 16.1 Å². The SMILES string of the molecule is COC(=O)c1ccccc1NC(=O)Cn1cnc2sc(C(=O)Nc3ccc(C)cc3C)c(C)c2c1=O. The molecule has 0 saturated heterocycles. The van der Waals surface area contributed by atoms with E-state index in [0.717, 1.165) is 22.5 Å². The highest BCUT2D eigenvalue weighted by atomic mass is 32.1. The largest absolute Gasteiger partial charge is 0.465 e. The molecule has 0 aliphatic carbocycles. The highest BCUT2D eigenvalue weighted by molar-refractivity contribution is 7.20. The van der Waals surface area contributed by atoms with E-state index in [1.54, 1.807) is 25.1 Å². The van der Waals surface area contributed by atoms with Gasteiger partial charge in [-0.2, -0.15) is 0 Å². The van der Waals surface area contributed by atoms with E-state index in [0.29, 0.717) is 21.0 Å². The third-order valence-electron chi connectivity index (χ3n) is 5.67. The van der Waals surface area contributed by atoms with Gasteiger partial charge in [0.1, 0.15) is 11.4 Å². The number of aryl methyl sites for hydroxylation is 3. The molecule has 0 aliphatic rings. The van der Waals surface area contributed by atoms with E-state index >= 15 is 0 Å². The molecule has 0 saturated carbocycles. The summed E-state index contributed by atoms with van der Waals surface area (Å²) in [5, 5.41) is 5.82. The molecule has 0 unspecified atom stereocenters. The second kappa shape index (κ2) is 10.1. The Hall–Kier alpha value is -4.31. The lowest BCUT2D eigenvalue weighted by atomic mass is 10.1. The third kappa shape index (κ3) is 4.89. The van der Waals surface area contributed by atoms with Gasteiger partial charge in [-0.25, -0.2) is 9.78 Å². The number of carbonyl (C=O) groups is 3. The average Bonchev–Trinajstić information content (AvgIpc) is 3.19. The van der Waals surface area contributed by atoms with Gasteiger partial charge in [0, 0.05) is 5.69 Å². The molecule has 0 spiro atoms. The molecular formula is C26H24N4O5S. The molecule has 2 N–H and O–H groups in total. The van der Waals surface area contributed by atoms with Crippen molar-refractivity contribution in [3.63, 3.8) is 0 Å². The molecule has 10 heteroatoms. The quantitative estimate of drug-likeness (QED) is 0.382. The zero-order valence-corrected chi connectivity index (χ0v) is 21.0. The molecule has 9 nitrogen and oxygen atoms in total. The normalized spacial score (nSPS) is 10.8. The van der Waals surface area contributed by atoms with E-state index in [2.05, 4.69) is 15.6 Å². The molecule has 2 heterocycles. The van der Waals surface area contributed by atoms with Crippen LogP contribution in [0.2, 0.25) is 0 Å². The van der Waals surface area contributed by atoms with Gasteiger partial charge in [0.2, 0.25) is 5.91 Å². The number of amides is 2.